The summed E-state index contributed by atoms with van der Waals surface area (Å²) in [5.74, 6) is 3.42. The summed E-state index contributed by atoms with van der Waals surface area (Å²) < 4.78 is 10.4. The number of thioether (sulfide) groups is 1. The van der Waals surface area contributed by atoms with Crippen LogP contribution in [0.5, 0.6) is 5.88 Å². The Morgan fingerprint density at radius 2 is 2.23 bits per heavy atom. The zero-order chi connectivity index (χ0) is 18.1. The topological polar surface area (TPSA) is 59.0 Å². The number of aromatic nitrogens is 1. The number of pyridine rings is 1. The molecule has 1 aliphatic heterocycles. The molecule has 0 radical (unpaired) electrons. The molecule has 1 aromatic rings. The Labute approximate surface area is 178 Å². The summed E-state index contributed by atoms with van der Waals surface area (Å²) in [4.78, 5) is 11.1. The average Bonchev–Trinajstić information content (AvgIpc) is 2.64. The van der Waals surface area contributed by atoms with Crippen molar-refractivity contribution in [3.05, 3.63) is 23.9 Å². The summed E-state index contributed by atoms with van der Waals surface area (Å²) in [6.07, 6.45) is 1.84. The van der Waals surface area contributed by atoms with E-state index in [-0.39, 0.29) is 24.0 Å². The molecule has 0 spiro atoms. The highest BCUT2D eigenvalue weighted by Gasteiger charge is 2.24. The fourth-order valence-corrected chi connectivity index (χ4v) is 3.91. The molecule has 8 heteroatoms. The van der Waals surface area contributed by atoms with Crippen LogP contribution in [0.15, 0.2) is 23.3 Å². The lowest BCUT2D eigenvalue weighted by Gasteiger charge is -2.36. The first-order chi connectivity index (χ1) is 12.1. The highest BCUT2D eigenvalue weighted by molar-refractivity contribution is 14.0. The molecule has 1 aliphatic rings. The Hall–Kier alpha value is -0.740. The van der Waals surface area contributed by atoms with E-state index in [2.05, 4.69) is 45.8 Å². The van der Waals surface area contributed by atoms with Crippen LogP contribution in [0.2, 0.25) is 0 Å². The lowest BCUT2D eigenvalue weighted by molar-refractivity contribution is 0.143. The molecule has 148 valence electrons. The number of rotatable bonds is 7. The van der Waals surface area contributed by atoms with Crippen LogP contribution in [0.1, 0.15) is 19.4 Å². The molecular weight excluding hydrogens is 463 g/mol. The van der Waals surface area contributed by atoms with Gasteiger partial charge in [0.2, 0.25) is 5.88 Å². The van der Waals surface area contributed by atoms with E-state index in [1.165, 1.54) is 0 Å². The maximum Gasteiger partial charge on any atom is 0.213 e. The lowest BCUT2D eigenvalue weighted by Crippen LogP contribution is -2.48. The summed E-state index contributed by atoms with van der Waals surface area (Å²) in [5, 5.41) is 4.12. The zero-order valence-corrected chi connectivity index (χ0v) is 19.3. The smallest absolute Gasteiger partial charge is 0.213 e. The van der Waals surface area contributed by atoms with E-state index in [1.807, 2.05) is 25.4 Å². The van der Waals surface area contributed by atoms with Crippen LogP contribution >= 0.6 is 35.7 Å². The largest absolute Gasteiger partial charge is 0.475 e. The Bertz CT molecular complexity index is 542. The van der Waals surface area contributed by atoms with Crippen LogP contribution in [-0.2, 0) is 11.3 Å². The predicted octanol–water partition coefficient (Wildman–Crippen LogP) is 2.87. The van der Waals surface area contributed by atoms with Crippen LogP contribution in [0.3, 0.4) is 0 Å². The van der Waals surface area contributed by atoms with Gasteiger partial charge in [0.1, 0.15) is 6.61 Å². The van der Waals surface area contributed by atoms with E-state index in [0.29, 0.717) is 36.8 Å². The van der Waals surface area contributed by atoms with Gasteiger partial charge in [-0.2, -0.15) is 11.8 Å². The number of hydrogen-bond donors (Lipinski definition) is 1. The summed E-state index contributed by atoms with van der Waals surface area (Å²) >= 11 is 2.07. The van der Waals surface area contributed by atoms with Crippen molar-refractivity contribution in [2.75, 3.05) is 46.2 Å². The maximum atomic E-state index is 5.49. The van der Waals surface area contributed by atoms with Gasteiger partial charge in [0, 0.05) is 57.1 Å². The third-order valence-corrected chi connectivity index (χ3v) is 5.67. The molecule has 0 aromatic carbocycles. The molecule has 0 amide bonds. The van der Waals surface area contributed by atoms with Crippen molar-refractivity contribution in [2.45, 2.75) is 25.6 Å². The SMILES string of the molecule is CN=C(NCc1ccc(OCCOC)nc1)N1CCSC(C(C)C)C1.I. The van der Waals surface area contributed by atoms with Gasteiger partial charge >= 0.3 is 0 Å². The Balaban J connectivity index is 0.00000338. The van der Waals surface area contributed by atoms with E-state index in [0.717, 1.165) is 30.4 Å². The second kappa shape index (κ2) is 12.6. The zero-order valence-electron chi connectivity index (χ0n) is 16.1. The van der Waals surface area contributed by atoms with Crippen LogP contribution in [0, 0.1) is 5.92 Å². The van der Waals surface area contributed by atoms with Gasteiger partial charge < -0.3 is 19.7 Å². The highest BCUT2D eigenvalue weighted by Crippen LogP contribution is 2.24. The number of nitrogens with zero attached hydrogens (tertiary/aromatic N) is 3. The van der Waals surface area contributed by atoms with Gasteiger partial charge in [-0.1, -0.05) is 19.9 Å². The summed E-state index contributed by atoms with van der Waals surface area (Å²) in [5.41, 5.74) is 1.10. The second-order valence-electron chi connectivity index (χ2n) is 6.35. The molecule has 2 rings (SSSR count). The summed E-state index contributed by atoms with van der Waals surface area (Å²) in [6.45, 7) is 8.45. The number of aliphatic imine (C=N–C) groups is 1. The second-order valence-corrected chi connectivity index (χ2v) is 7.69. The molecule has 0 saturated carbocycles. The minimum absolute atomic E-state index is 0. The highest BCUT2D eigenvalue weighted by atomic mass is 127. The van der Waals surface area contributed by atoms with Crippen molar-refractivity contribution < 1.29 is 9.47 Å². The van der Waals surface area contributed by atoms with Gasteiger partial charge in [-0.15, -0.1) is 24.0 Å². The third-order valence-electron chi connectivity index (χ3n) is 4.13. The van der Waals surface area contributed by atoms with Crippen molar-refractivity contribution in [3.8, 4) is 5.88 Å². The molecular formula is C18H31IN4O2S. The predicted molar refractivity (Wildman–Crippen MR) is 120 cm³/mol. The van der Waals surface area contributed by atoms with Gasteiger partial charge in [0.05, 0.1) is 6.61 Å². The van der Waals surface area contributed by atoms with E-state index < -0.39 is 0 Å². The Morgan fingerprint density at radius 3 is 2.85 bits per heavy atom. The first-order valence-electron chi connectivity index (χ1n) is 8.78. The summed E-state index contributed by atoms with van der Waals surface area (Å²) in [6, 6.07) is 3.92. The van der Waals surface area contributed by atoms with Gasteiger partial charge in [-0.3, -0.25) is 4.99 Å². The molecule has 1 N–H and O–H groups in total. The Morgan fingerprint density at radius 1 is 1.42 bits per heavy atom. The van der Waals surface area contributed by atoms with Crippen LogP contribution in [-0.4, -0.2) is 67.3 Å². The van der Waals surface area contributed by atoms with Crippen molar-refractivity contribution in [3.63, 3.8) is 0 Å². The normalized spacial score (nSPS) is 17.8. The number of nitrogens with one attached hydrogen (secondary N) is 1. The number of guanidine groups is 1. The first kappa shape index (κ1) is 23.3. The minimum atomic E-state index is 0. The lowest BCUT2D eigenvalue weighted by atomic mass is 10.1. The fourth-order valence-electron chi connectivity index (χ4n) is 2.61. The van der Waals surface area contributed by atoms with Crippen LogP contribution in [0.4, 0.5) is 0 Å². The molecule has 1 saturated heterocycles. The van der Waals surface area contributed by atoms with E-state index >= 15 is 0 Å². The number of ether oxygens (including phenoxy) is 2. The molecule has 26 heavy (non-hydrogen) atoms. The van der Waals surface area contributed by atoms with E-state index in [1.54, 1.807) is 7.11 Å². The molecule has 1 unspecified atom stereocenters. The Kier molecular flexibility index (Phi) is 11.3. The molecule has 1 fully saturated rings. The monoisotopic (exact) mass is 494 g/mol. The van der Waals surface area contributed by atoms with Crippen LogP contribution in [0.25, 0.3) is 0 Å². The summed E-state index contributed by atoms with van der Waals surface area (Å²) in [7, 11) is 3.50. The molecule has 0 bridgehead atoms. The van der Waals surface area contributed by atoms with Crippen molar-refractivity contribution in [2.24, 2.45) is 10.9 Å². The van der Waals surface area contributed by atoms with Crippen molar-refractivity contribution in [1.29, 1.82) is 0 Å². The van der Waals surface area contributed by atoms with Crippen molar-refractivity contribution >= 4 is 41.7 Å². The number of halogens is 1. The molecule has 2 heterocycles. The standard InChI is InChI=1S/C18H30N4O2S.HI/c1-14(2)16-13-22(7-10-25-16)18(19-3)21-12-15-5-6-17(20-11-15)24-9-8-23-4;/h5-6,11,14,16H,7-10,12-13H2,1-4H3,(H,19,21);1H. The van der Waals surface area contributed by atoms with Crippen LogP contribution < -0.4 is 10.1 Å². The van der Waals surface area contributed by atoms with E-state index in [9.17, 15) is 0 Å². The molecule has 1 aromatic heterocycles. The molecule has 1 atom stereocenters. The number of hydrogen-bond acceptors (Lipinski definition) is 5. The molecule has 6 nitrogen and oxygen atoms in total. The average molecular weight is 494 g/mol. The number of methoxy groups -OCH3 is 1. The van der Waals surface area contributed by atoms with Gasteiger partial charge in [0.25, 0.3) is 0 Å². The van der Waals surface area contributed by atoms with Crippen molar-refractivity contribution in [1.82, 2.24) is 15.2 Å². The minimum Gasteiger partial charge on any atom is -0.475 e. The van der Waals surface area contributed by atoms with E-state index in [4.69, 9.17) is 9.47 Å². The fraction of sp³-hybridized carbons (Fsp3) is 0.667. The third kappa shape index (κ3) is 7.48. The quantitative estimate of drug-likeness (QED) is 0.272. The first-order valence-corrected chi connectivity index (χ1v) is 9.82. The molecule has 0 aliphatic carbocycles. The van der Waals surface area contributed by atoms with Gasteiger partial charge in [0.15, 0.2) is 5.96 Å². The van der Waals surface area contributed by atoms with Gasteiger partial charge in [-0.25, -0.2) is 4.98 Å². The van der Waals surface area contributed by atoms with Gasteiger partial charge in [-0.05, 0) is 11.5 Å². The maximum absolute atomic E-state index is 5.49.